The van der Waals surface area contributed by atoms with Crippen molar-refractivity contribution < 1.29 is 8.42 Å². The van der Waals surface area contributed by atoms with Gasteiger partial charge in [-0.25, -0.2) is 13.1 Å². The van der Waals surface area contributed by atoms with Crippen LogP contribution in [0.2, 0.25) is 0 Å². The molecule has 0 aliphatic heterocycles. The SMILES string of the molecule is Cc1ccc(C(N)=S)cc1S(=O)(=O)NC(C)(C)C1CC1. The van der Waals surface area contributed by atoms with E-state index < -0.39 is 15.6 Å². The van der Waals surface area contributed by atoms with E-state index >= 15 is 0 Å². The molecule has 0 unspecified atom stereocenters. The fourth-order valence-corrected chi connectivity index (χ4v) is 4.20. The van der Waals surface area contributed by atoms with Gasteiger partial charge in [0.2, 0.25) is 10.0 Å². The van der Waals surface area contributed by atoms with Crippen molar-refractivity contribution in [3.8, 4) is 0 Å². The molecule has 0 spiro atoms. The van der Waals surface area contributed by atoms with Crippen molar-refractivity contribution in [1.29, 1.82) is 0 Å². The number of benzene rings is 1. The van der Waals surface area contributed by atoms with Gasteiger partial charge in [0.15, 0.2) is 0 Å². The van der Waals surface area contributed by atoms with Crippen LogP contribution >= 0.6 is 12.2 Å². The van der Waals surface area contributed by atoms with Gasteiger partial charge in [0.05, 0.1) is 4.90 Å². The molecular weight excluding hydrogens is 292 g/mol. The van der Waals surface area contributed by atoms with Crippen molar-refractivity contribution in [2.45, 2.75) is 44.0 Å². The number of hydrogen-bond donors (Lipinski definition) is 2. The molecule has 1 aliphatic rings. The van der Waals surface area contributed by atoms with Crippen molar-refractivity contribution in [3.05, 3.63) is 29.3 Å². The summed E-state index contributed by atoms with van der Waals surface area (Å²) in [6.45, 7) is 5.62. The van der Waals surface area contributed by atoms with E-state index in [2.05, 4.69) is 4.72 Å². The summed E-state index contributed by atoms with van der Waals surface area (Å²) in [5, 5.41) is 0. The molecule has 1 aliphatic carbocycles. The third-order valence-corrected chi connectivity index (χ3v) is 5.81. The molecule has 0 saturated heterocycles. The maximum absolute atomic E-state index is 12.6. The first-order valence-electron chi connectivity index (χ1n) is 6.58. The number of hydrogen-bond acceptors (Lipinski definition) is 3. The molecule has 0 radical (unpaired) electrons. The second-order valence-corrected chi connectivity index (χ2v) is 8.04. The van der Waals surface area contributed by atoms with Crippen molar-refractivity contribution in [2.75, 3.05) is 0 Å². The van der Waals surface area contributed by atoms with Crippen LogP contribution in [0.15, 0.2) is 23.1 Å². The van der Waals surface area contributed by atoms with E-state index in [1.54, 1.807) is 25.1 Å². The molecule has 1 aromatic rings. The van der Waals surface area contributed by atoms with E-state index in [1.165, 1.54) is 0 Å². The Hall–Kier alpha value is -0.980. The van der Waals surface area contributed by atoms with Crippen LogP contribution in [0.3, 0.4) is 0 Å². The number of rotatable bonds is 5. The zero-order valence-electron chi connectivity index (χ0n) is 11.9. The smallest absolute Gasteiger partial charge is 0.241 e. The average Bonchev–Trinajstić information content (AvgIpc) is 3.11. The molecule has 1 fully saturated rings. The Morgan fingerprint density at radius 3 is 2.50 bits per heavy atom. The molecule has 1 aromatic carbocycles. The standard InChI is InChI=1S/C14H20N2O2S2/c1-9-4-5-10(13(15)19)8-12(9)20(17,18)16-14(2,3)11-6-7-11/h4-5,8,11,16H,6-7H2,1-3H3,(H2,15,19). The highest BCUT2D eigenvalue weighted by molar-refractivity contribution is 7.89. The van der Waals surface area contributed by atoms with Gasteiger partial charge in [0.1, 0.15) is 4.99 Å². The van der Waals surface area contributed by atoms with Crippen LogP contribution in [0, 0.1) is 12.8 Å². The zero-order valence-corrected chi connectivity index (χ0v) is 13.6. The molecule has 4 nitrogen and oxygen atoms in total. The lowest BCUT2D eigenvalue weighted by Crippen LogP contribution is -2.45. The lowest BCUT2D eigenvalue weighted by molar-refractivity contribution is 0.400. The van der Waals surface area contributed by atoms with Crippen LogP contribution in [0.25, 0.3) is 0 Å². The predicted molar refractivity (Wildman–Crippen MR) is 84.2 cm³/mol. The highest BCUT2D eigenvalue weighted by atomic mass is 32.2. The molecule has 0 bridgehead atoms. The second kappa shape index (κ2) is 5.09. The number of aryl methyl sites for hydroxylation is 1. The van der Waals surface area contributed by atoms with Gasteiger partial charge in [0, 0.05) is 11.1 Å². The normalized spacial score (nSPS) is 16.1. The highest BCUT2D eigenvalue weighted by Gasteiger charge is 2.40. The maximum Gasteiger partial charge on any atom is 0.241 e. The fraction of sp³-hybridized carbons (Fsp3) is 0.500. The van der Waals surface area contributed by atoms with Crippen molar-refractivity contribution in [3.63, 3.8) is 0 Å². The van der Waals surface area contributed by atoms with E-state index in [0.717, 1.165) is 12.8 Å². The van der Waals surface area contributed by atoms with Gasteiger partial charge in [-0.05, 0) is 51.2 Å². The number of nitrogens with two attached hydrogens (primary N) is 1. The number of sulfonamides is 1. The first kappa shape index (κ1) is 15.4. The molecular formula is C14H20N2O2S2. The van der Waals surface area contributed by atoms with Crippen LogP contribution in [-0.4, -0.2) is 18.9 Å². The predicted octanol–water partition coefficient (Wildman–Crippen LogP) is 2.10. The number of nitrogens with one attached hydrogen (secondary N) is 1. The highest BCUT2D eigenvalue weighted by Crippen LogP contribution is 2.40. The first-order valence-corrected chi connectivity index (χ1v) is 8.47. The van der Waals surface area contributed by atoms with Crippen LogP contribution in [-0.2, 0) is 10.0 Å². The zero-order chi connectivity index (χ0) is 15.1. The molecule has 6 heteroatoms. The van der Waals surface area contributed by atoms with Gasteiger partial charge in [0.25, 0.3) is 0 Å². The van der Waals surface area contributed by atoms with Gasteiger partial charge < -0.3 is 5.73 Å². The Balaban J connectivity index is 2.38. The fourth-order valence-electron chi connectivity index (χ4n) is 2.33. The summed E-state index contributed by atoms with van der Waals surface area (Å²) >= 11 is 4.91. The Kier molecular flexibility index (Phi) is 3.92. The maximum atomic E-state index is 12.6. The Morgan fingerprint density at radius 2 is 2.00 bits per heavy atom. The van der Waals surface area contributed by atoms with Crippen molar-refractivity contribution in [2.24, 2.45) is 11.7 Å². The molecule has 3 N–H and O–H groups in total. The van der Waals surface area contributed by atoms with E-state index in [-0.39, 0.29) is 9.88 Å². The summed E-state index contributed by atoms with van der Waals surface area (Å²) in [6, 6.07) is 5.01. The third kappa shape index (κ3) is 3.19. The minimum Gasteiger partial charge on any atom is -0.389 e. The minimum absolute atomic E-state index is 0.197. The van der Waals surface area contributed by atoms with Crippen molar-refractivity contribution >= 4 is 27.2 Å². The molecule has 2 rings (SSSR count). The van der Waals surface area contributed by atoms with Gasteiger partial charge in [-0.3, -0.25) is 0 Å². The van der Waals surface area contributed by atoms with Crippen molar-refractivity contribution in [1.82, 2.24) is 4.72 Å². The van der Waals surface area contributed by atoms with Gasteiger partial charge in [-0.2, -0.15) is 0 Å². The molecule has 0 amide bonds. The Labute approximate surface area is 125 Å². The first-order chi connectivity index (χ1) is 9.13. The largest absolute Gasteiger partial charge is 0.389 e. The molecule has 1 saturated carbocycles. The van der Waals surface area contributed by atoms with E-state index in [9.17, 15) is 8.42 Å². The molecule has 20 heavy (non-hydrogen) atoms. The summed E-state index contributed by atoms with van der Waals surface area (Å²) in [5.41, 5.74) is 6.40. The summed E-state index contributed by atoms with van der Waals surface area (Å²) in [7, 11) is -3.57. The number of thiocarbonyl (C=S) groups is 1. The van der Waals surface area contributed by atoms with Crippen LogP contribution < -0.4 is 10.5 Å². The van der Waals surface area contributed by atoms with Crippen LogP contribution in [0.5, 0.6) is 0 Å². The third-order valence-electron chi connectivity index (χ3n) is 3.76. The van der Waals surface area contributed by atoms with Gasteiger partial charge >= 0.3 is 0 Å². The summed E-state index contributed by atoms with van der Waals surface area (Å²) in [6.07, 6.45) is 2.14. The van der Waals surface area contributed by atoms with E-state index in [1.807, 2.05) is 13.8 Å². The lowest BCUT2D eigenvalue weighted by atomic mass is 10.0. The van der Waals surface area contributed by atoms with E-state index in [0.29, 0.717) is 17.0 Å². The Morgan fingerprint density at radius 1 is 1.40 bits per heavy atom. The summed E-state index contributed by atoms with van der Waals surface area (Å²) in [4.78, 5) is 0.444. The lowest BCUT2D eigenvalue weighted by Gasteiger charge is -2.26. The van der Waals surface area contributed by atoms with Gasteiger partial charge in [-0.1, -0.05) is 24.4 Å². The van der Waals surface area contributed by atoms with Crippen LogP contribution in [0.1, 0.15) is 37.8 Å². The van der Waals surface area contributed by atoms with Crippen LogP contribution in [0.4, 0.5) is 0 Å². The Bertz CT molecular complexity index is 647. The quantitative estimate of drug-likeness (QED) is 0.817. The second-order valence-electron chi connectivity index (χ2n) is 5.95. The summed E-state index contributed by atoms with van der Waals surface area (Å²) in [5.74, 6) is 0.413. The molecule has 0 heterocycles. The molecule has 110 valence electrons. The van der Waals surface area contributed by atoms with Gasteiger partial charge in [-0.15, -0.1) is 0 Å². The minimum atomic E-state index is -3.57. The summed E-state index contributed by atoms with van der Waals surface area (Å²) < 4.78 is 28.0. The van der Waals surface area contributed by atoms with E-state index in [4.69, 9.17) is 18.0 Å². The topological polar surface area (TPSA) is 72.2 Å². The molecule has 0 aromatic heterocycles. The monoisotopic (exact) mass is 312 g/mol. The molecule has 0 atom stereocenters. The average molecular weight is 312 g/mol.